The zero-order valence-electron chi connectivity index (χ0n) is 15.2. The lowest BCUT2D eigenvalue weighted by molar-refractivity contribution is -0.120. The van der Waals surface area contributed by atoms with Crippen LogP contribution in [0.1, 0.15) is 61.0 Å². The average molecular weight is 350 g/mol. The van der Waals surface area contributed by atoms with Gasteiger partial charge in [0.15, 0.2) is 0 Å². The van der Waals surface area contributed by atoms with E-state index in [0.717, 1.165) is 31.2 Å². The molecule has 0 aliphatic heterocycles. The summed E-state index contributed by atoms with van der Waals surface area (Å²) in [6.07, 6.45) is 5.29. The summed E-state index contributed by atoms with van der Waals surface area (Å²) in [6, 6.07) is 16.9. The Bertz CT molecular complexity index is 752. The first-order valence-corrected chi connectivity index (χ1v) is 9.41. The van der Waals surface area contributed by atoms with Crippen LogP contribution in [0.5, 0.6) is 0 Å². The molecule has 2 amide bonds. The average Bonchev–Trinajstić information content (AvgIpc) is 2.69. The molecule has 0 heterocycles. The Morgan fingerprint density at radius 3 is 2.31 bits per heavy atom. The smallest absolute Gasteiger partial charge is 0.253 e. The number of rotatable bonds is 5. The van der Waals surface area contributed by atoms with E-state index in [0.29, 0.717) is 11.3 Å². The van der Waals surface area contributed by atoms with Crippen molar-refractivity contribution < 1.29 is 9.59 Å². The maximum absolute atomic E-state index is 12.7. The molecule has 0 radical (unpaired) electrons. The number of para-hydroxylation sites is 1. The number of hydrogen-bond acceptors (Lipinski definition) is 2. The minimum Gasteiger partial charge on any atom is -0.345 e. The van der Waals surface area contributed by atoms with Gasteiger partial charge in [-0.05, 0) is 37.5 Å². The fraction of sp³-hybridized carbons (Fsp3) is 0.364. The van der Waals surface area contributed by atoms with Crippen LogP contribution in [0.4, 0.5) is 5.69 Å². The lowest BCUT2D eigenvalue weighted by atomic mass is 9.88. The standard InChI is InChI=1S/C22H26N2O2/c1-16(17-10-4-2-5-11-17)23-22(26)19-14-8-9-15-20(19)24-21(25)18-12-6-3-7-13-18/h2,4-5,8-11,14-16,18H,3,6-7,12-13H2,1H3,(H,23,26)(H,24,25)/t16-/m0/s1. The van der Waals surface area contributed by atoms with Gasteiger partial charge in [-0.25, -0.2) is 0 Å². The second kappa shape index (κ2) is 8.65. The van der Waals surface area contributed by atoms with Crippen molar-refractivity contribution in [2.45, 2.75) is 45.1 Å². The molecule has 26 heavy (non-hydrogen) atoms. The Labute approximate surface area is 155 Å². The van der Waals surface area contributed by atoms with E-state index in [4.69, 9.17) is 0 Å². The molecule has 0 aromatic heterocycles. The molecule has 1 atom stereocenters. The summed E-state index contributed by atoms with van der Waals surface area (Å²) in [5.41, 5.74) is 2.13. The van der Waals surface area contributed by atoms with E-state index < -0.39 is 0 Å². The lowest BCUT2D eigenvalue weighted by Gasteiger charge is -2.22. The van der Waals surface area contributed by atoms with Gasteiger partial charge < -0.3 is 10.6 Å². The van der Waals surface area contributed by atoms with Crippen LogP contribution in [-0.2, 0) is 4.79 Å². The third kappa shape index (κ3) is 4.51. The second-order valence-corrected chi connectivity index (χ2v) is 6.98. The Kier molecular flexibility index (Phi) is 6.05. The van der Waals surface area contributed by atoms with Crippen molar-refractivity contribution in [1.29, 1.82) is 0 Å². The van der Waals surface area contributed by atoms with Crippen molar-refractivity contribution in [3.63, 3.8) is 0 Å². The van der Waals surface area contributed by atoms with Gasteiger partial charge in [-0.15, -0.1) is 0 Å². The Hall–Kier alpha value is -2.62. The quantitative estimate of drug-likeness (QED) is 0.821. The zero-order valence-corrected chi connectivity index (χ0v) is 15.2. The molecule has 136 valence electrons. The van der Waals surface area contributed by atoms with Gasteiger partial charge >= 0.3 is 0 Å². The number of hydrogen-bond donors (Lipinski definition) is 2. The van der Waals surface area contributed by atoms with Crippen molar-refractivity contribution >= 4 is 17.5 Å². The summed E-state index contributed by atoms with van der Waals surface area (Å²) < 4.78 is 0. The first kappa shape index (κ1) is 18.2. The topological polar surface area (TPSA) is 58.2 Å². The Morgan fingerprint density at radius 2 is 1.58 bits per heavy atom. The summed E-state index contributed by atoms with van der Waals surface area (Å²) in [5, 5.41) is 5.99. The van der Waals surface area contributed by atoms with E-state index >= 15 is 0 Å². The molecule has 0 unspecified atom stereocenters. The van der Waals surface area contributed by atoms with E-state index in [2.05, 4.69) is 10.6 Å². The van der Waals surface area contributed by atoms with Crippen molar-refractivity contribution in [1.82, 2.24) is 5.32 Å². The van der Waals surface area contributed by atoms with E-state index in [-0.39, 0.29) is 23.8 Å². The van der Waals surface area contributed by atoms with Crippen LogP contribution >= 0.6 is 0 Å². The lowest BCUT2D eigenvalue weighted by Crippen LogP contribution is -2.29. The van der Waals surface area contributed by atoms with E-state index in [1.807, 2.05) is 49.4 Å². The van der Waals surface area contributed by atoms with Crippen LogP contribution in [0, 0.1) is 5.92 Å². The summed E-state index contributed by atoms with van der Waals surface area (Å²) in [4.78, 5) is 25.3. The minimum atomic E-state index is -0.180. The van der Waals surface area contributed by atoms with E-state index in [1.165, 1.54) is 6.42 Å². The monoisotopic (exact) mass is 350 g/mol. The maximum atomic E-state index is 12.7. The largest absolute Gasteiger partial charge is 0.345 e. The molecule has 1 aliphatic rings. The van der Waals surface area contributed by atoms with Crippen LogP contribution in [0.2, 0.25) is 0 Å². The molecule has 3 rings (SSSR count). The fourth-order valence-corrected chi connectivity index (χ4v) is 3.49. The van der Waals surface area contributed by atoms with E-state index in [1.54, 1.807) is 12.1 Å². The number of anilines is 1. The minimum absolute atomic E-state index is 0.0288. The van der Waals surface area contributed by atoms with Crippen molar-refractivity contribution in [2.24, 2.45) is 5.92 Å². The van der Waals surface area contributed by atoms with E-state index in [9.17, 15) is 9.59 Å². The van der Waals surface area contributed by atoms with Crippen LogP contribution in [0.15, 0.2) is 54.6 Å². The molecule has 0 bridgehead atoms. The molecule has 4 nitrogen and oxygen atoms in total. The predicted molar refractivity (Wildman–Crippen MR) is 104 cm³/mol. The number of carbonyl (C=O) groups excluding carboxylic acids is 2. The fourth-order valence-electron chi connectivity index (χ4n) is 3.49. The summed E-state index contributed by atoms with van der Waals surface area (Å²) in [7, 11) is 0. The van der Waals surface area contributed by atoms with Gasteiger partial charge in [-0.3, -0.25) is 9.59 Å². The number of carbonyl (C=O) groups is 2. The third-order valence-corrected chi connectivity index (χ3v) is 5.05. The second-order valence-electron chi connectivity index (χ2n) is 6.98. The molecule has 2 aromatic rings. The molecule has 1 saturated carbocycles. The molecular weight excluding hydrogens is 324 g/mol. The first-order valence-electron chi connectivity index (χ1n) is 9.41. The third-order valence-electron chi connectivity index (χ3n) is 5.05. The zero-order chi connectivity index (χ0) is 18.4. The summed E-state index contributed by atoms with van der Waals surface area (Å²) in [6.45, 7) is 1.95. The van der Waals surface area contributed by atoms with Crippen LogP contribution < -0.4 is 10.6 Å². The van der Waals surface area contributed by atoms with Crippen molar-refractivity contribution in [3.05, 3.63) is 65.7 Å². The van der Waals surface area contributed by atoms with Gasteiger partial charge in [-0.2, -0.15) is 0 Å². The number of benzene rings is 2. The van der Waals surface area contributed by atoms with Crippen LogP contribution in [0.25, 0.3) is 0 Å². The van der Waals surface area contributed by atoms with Gasteiger partial charge in [0.05, 0.1) is 17.3 Å². The molecular formula is C22H26N2O2. The molecule has 4 heteroatoms. The number of amides is 2. The summed E-state index contributed by atoms with van der Waals surface area (Å²) in [5.74, 6) is -0.0925. The molecule has 2 N–H and O–H groups in total. The van der Waals surface area contributed by atoms with Crippen LogP contribution in [0.3, 0.4) is 0 Å². The molecule has 0 spiro atoms. The van der Waals surface area contributed by atoms with Gasteiger partial charge in [-0.1, -0.05) is 61.7 Å². The highest BCUT2D eigenvalue weighted by atomic mass is 16.2. The van der Waals surface area contributed by atoms with Gasteiger partial charge in [0, 0.05) is 5.92 Å². The Morgan fingerprint density at radius 1 is 0.923 bits per heavy atom. The predicted octanol–water partition coefficient (Wildman–Crippen LogP) is 4.70. The molecule has 0 saturated heterocycles. The van der Waals surface area contributed by atoms with Gasteiger partial charge in [0.2, 0.25) is 5.91 Å². The normalized spacial score (nSPS) is 15.9. The highest BCUT2D eigenvalue weighted by Gasteiger charge is 2.23. The van der Waals surface area contributed by atoms with Crippen LogP contribution in [-0.4, -0.2) is 11.8 Å². The summed E-state index contributed by atoms with van der Waals surface area (Å²) >= 11 is 0. The molecule has 2 aromatic carbocycles. The van der Waals surface area contributed by atoms with Gasteiger partial charge in [0.1, 0.15) is 0 Å². The van der Waals surface area contributed by atoms with Crippen molar-refractivity contribution in [3.8, 4) is 0 Å². The van der Waals surface area contributed by atoms with Gasteiger partial charge in [0.25, 0.3) is 5.91 Å². The maximum Gasteiger partial charge on any atom is 0.253 e. The highest BCUT2D eigenvalue weighted by Crippen LogP contribution is 2.26. The molecule has 1 aliphatic carbocycles. The Balaban J connectivity index is 1.69. The molecule has 1 fully saturated rings. The van der Waals surface area contributed by atoms with Crippen molar-refractivity contribution in [2.75, 3.05) is 5.32 Å². The SMILES string of the molecule is C[C@H](NC(=O)c1ccccc1NC(=O)C1CCCCC1)c1ccccc1. The highest BCUT2D eigenvalue weighted by molar-refractivity contribution is 6.04. The first-order chi connectivity index (χ1) is 12.6. The number of nitrogens with one attached hydrogen (secondary N) is 2.